The number of nitrogens with one attached hydrogen (secondary N) is 1. The topological polar surface area (TPSA) is 78.9 Å². The number of carboxylic acids is 1. The molecule has 1 atom stereocenters. The number of ether oxygens (including phenoxy) is 1. The Kier molecular flexibility index (Phi) is 4.41. The van der Waals surface area contributed by atoms with Crippen molar-refractivity contribution in [1.82, 2.24) is 10.2 Å². The second kappa shape index (κ2) is 5.59. The van der Waals surface area contributed by atoms with Gasteiger partial charge < -0.3 is 20.1 Å². The van der Waals surface area contributed by atoms with E-state index in [1.54, 1.807) is 0 Å². The minimum Gasteiger partial charge on any atom is -0.480 e. The van der Waals surface area contributed by atoms with E-state index in [1.807, 2.05) is 5.32 Å². The van der Waals surface area contributed by atoms with Crippen molar-refractivity contribution < 1.29 is 28.2 Å². The van der Waals surface area contributed by atoms with Gasteiger partial charge in [-0.3, -0.25) is 0 Å². The van der Waals surface area contributed by atoms with Crippen LogP contribution in [0.1, 0.15) is 0 Å². The van der Waals surface area contributed by atoms with Gasteiger partial charge in [0.15, 0.2) is 6.04 Å². The molecule has 16 heavy (non-hydrogen) atoms. The molecular formula is C8H12F2N2O4. The molecule has 0 bridgehead atoms. The van der Waals surface area contributed by atoms with Gasteiger partial charge in [-0.15, -0.1) is 0 Å². The fraction of sp³-hybridized carbons (Fsp3) is 0.750. The smallest absolute Gasteiger partial charge is 0.328 e. The fourth-order valence-corrected chi connectivity index (χ4v) is 1.32. The standard InChI is InChI=1S/C8H12F2N2O4/c9-6(10)3-11-8(15)12-1-2-16-4-5(12)7(13)14/h5-6H,1-4H2,(H,11,15)(H,13,14). The van der Waals surface area contributed by atoms with E-state index in [0.29, 0.717) is 0 Å². The summed E-state index contributed by atoms with van der Waals surface area (Å²) in [4.78, 5) is 23.1. The van der Waals surface area contributed by atoms with E-state index in [2.05, 4.69) is 0 Å². The van der Waals surface area contributed by atoms with Crippen LogP contribution < -0.4 is 5.32 Å². The van der Waals surface area contributed by atoms with Crippen LogP contribution in [0.25, 0.3) is 0 Å². The Morgan fingerprint density at radius 2 is 2.25 bits per heavy atom. The van der Waals surface area contributed by atoms with E-state index in [4.69, 9.17) is 9.84 Å². The lowest BCUT2D eigenvalue weighted by atomic mass is 10.2. The zero-order valence-electron chi connectivity index (χ0n) is 8.36. The third-order valence-corrected chi connectivity index (χ3v) is 2.08. The number of rotatable bonds is 3. The summed E-state index contributed by atoms with van der Waals surface area (Å²) in [7, 11) is 0. The minimum absolute atomic E-state index is 0.0754. The predicted octanol–water partition coefficient (Wildman–Crippen LogP) is -0.254. The molecule has 0 spiro atoms. The predicted molar refractivity (Wildman–Crippen MR) is 48.4 cm³/mol. The summed E-state index contributed by atoms with van der Waals surface area (Å²) in [5.74, 6) is -1.22. The summed E-state index contributed by atoms with van der Waals surface area (Å²) in [5, 5.41) is 10.7. The van der Waals surface area contributed by atoms with E-state index in [-0.39, 0.29) is 19.8 Å². The molecule has 0 aliphatic carbocycles. The van der Waals surface area contributed by atoms with Crippen molar-refractivity contribution in [1.29, 1.82) is 0 Å². The molecule has 1 heterocycles. The number of amides is 2. The third kappa shape index (κ3) is 3.30. The van der Waals surface area contributed by atoms with E-state index in [9.17, 15) is 18.4 Å². The van der Waals surface area contributed by atoms with Gasteiger partial charge in [-0.1, -0.05) is 0 Å². The third-order valence-electron chi connectivity index (χ3n) is 2.08. The number of carboxylic acid groups (broad SMARTS) is 1. The maximum Gasteiger partial charge on any atom is 0.328 e. The number of urea groups is 1. The Balaban J connectivity index is 2.54. The molecule has 92 valence electrons. The van der Waals surface area contributed by atoms with Crippen LogP contribution in [0.15, 0.2) is 0 Å². The van der Waals surface area contributed by atoms with E-state index < -0.39 is 31.0 Å². The molecule has 0 radical (unpaired) electrons. The molecule has 1 unspecified atom stereocenters. The van der Waals surface area contributed by atoms with E-state index >= 15 is 0 Å². The Morgan fingerprint density at radius 3 is 2.81 bits per heavy atom. The molecule has 1 aliphatic heterocycles. The van der Waals surface area contributed by atoms with Crippen LogP contribution >= 0.6 is 0 Å². The average molecular weight is 238 g/mol. The average Bonchev–Trinajstić information content (AvgIpc) is 2.25. The Bertz CT molecular complexity index is 275. The molecule has 8 heteroatoms. The first-order valence-corrected chi connectivity index (χ1v) is 4.65. The van der Waals surface area contributed by atoms with Gasteiger partial charge in [0.05, 0.1) is 19.8 Å². The molecule has 6 nitrogen and oxygen atoms in total. The maximum atomic E-state index is 11.8. The largest absolute Gasteiger partial charge is 0.480 e. The number of aliphatic carboxylic acids is 1. The van der Waals surface area contributed by atoms with Crippen molar-refractivity contribution >= 4 is 12.0 Å². The van der Waals surface area contributed by atoms with Crippen LogP contribution in [-0.4, -0.2) is 60.8 Å². The monoisotopic (exact) mass is 238 g/mol. The van der Waals surface area contributed by atoms with Crippen LogP contribution in [0, 0.1) is 0 Å². The molecule has 1 fully saturated rings. The molecule has 2 amide bonds. The van der Waals surface area contributed by atoms with Gasteiger partial charge in [-0.05, 0) is 0 Å². The van der Waals surface area contributed by atoms with Crippen LogP contribution in [0.5, 0.6) is 0 Å². The lowest BCUT2D eigenvalue weighted by Gasteiger charge is -2.32. The second-order valence-electron chi connectivity index (χ2n) is 3.20. The Hall–Kier alpha value is -1.44. The molecule has 1 rings (SSSR count). The van der Waals surface area contributed by atoms with Gasteiger partial charge in [-0.2, -0.15) is 0 Å². The number of carbonyl (C=O) groups is 2. The quantitative estimate of drug-likeness (QED) is 0.710. The number of alkyl halides is 2. The summed E-state index contributed by atoms with van der Waals surface area (Å²) in [6.07, 6.45) is -2.66. The van der Waals surface area contributed by atoms with Crippen molar-refractivity contribution in [3.8, 4) is 0 Å². The molecule has 2 N–H and O–H groups in total. The van der Waals surface area contributed by atoms with Gasteiger partial charge in [-0.25, -0.2) is 18.4 Å². The van der Waals surface area contributed by atoms with E-state index in [0.717, 1.165) is 4.90 Å². The minimum atomic E-state index is -2.66. The van der Waals surface area contributed by atoms with Crippen molar-refractivity contribution in [2.45, 2.75) is 12.5 Å². The zero-order chi connectivity index (χ0) is 12.1. The van der Waals surface area contributed by atoms with Crippen LogP contribution in [0.4, 0.5) is 13.6 Å². The highest BCUT2D eigenvalue weighted by molar-refractivity contribution is 5.83. The van der Waals surface area contributed by atoms with Gasteiger partial charge in [0.2, 0.25) is 0 Å². The van der Waals surface area contributed by atoms with E-state index in [1.165, 1.54) is 0 Å². The highest BCUT2D eigenvalue weighted by Gasteiger charge is 2.32. The molecule has 1 saturated heterocycles. The number of halogens is 2. The van der Waals surface area contributed by atoms with Gasteiger partial charge >= 0.3 is 12.0 Å². The van der Waals surface area contributed by atoms with Crippen LogP contribution in [-0.2, 0) is 9.53 Å². The molecular weight excluding hydrogens is 226 g/mol. The van der Waals surface area contributed by atoms with Gasteiger partial charge in [0.1, 0.15) is 0 Å². The maximum absolute atomic E-state index is 11.8. The van der Waals surface area contributed by atoms with Gasteiger partial charge in [0.25, 0.3) is 6.43 Å². The summed E-state index contributed by atoms with van der Waals surface area (Å²) in [6, 6.07) is -1.93. The number of hydrogen-bond acceptors (Lipinski definition) is 3. The van der Waals surface area contributed by atoms with Crippen molar-refractivity contribution in [2.24, 2.45) is 0 Å². The van der Waals surface area contributed by atoms with Gasteiger partial charge in [0, 0.05) is 6.54 Å². The molecule has 0 saturated carbocycles. The summed E-state index contributed by atoms with van der Waals surface area (Å²) >= 11 is 0. The lowest BCUT2D eigenvalue weighted by molar-refractivity contribution is -0.147. The van der Waals surface area contributed by atoms with Crippen molar-refractivity contribution in [2.75, 3.05) is 26.3 Å². The fourth-order valence-electron chi connectivity index (χ4n) is 1.32. The number of morpholine rings is 1. The highest BCUT2D eigenvalue weighted by atomic mass is 19.3. The first-order chi connectivity index (χ1) is 7.52. The SMILES string of the molecule is O=C(O)C1COCCN1C(=O)NCC(F)F. The normalized spacial score (nSPS) is 20.9. The van der Waals surface area contributed by atoms with Crippen molar-refractivity contribution in [3.05, 3.63) is 0 Å². The van der Waals surface area contributed by atoms with Crippen LogP contribution in [0.2, 0.25) is 0 Å². The summed E-state index contributed by atoms with van der Waals surface area (Å²) in [6.45, 7) is -0.641. The van der Waals surface area contributed by atoms with Crippen LogP contribution in [0.3, 0.4) is 0 Å². The molecule has 0 aromatic rings. The Morgan fingerprint density at radius 1 is 1.56 bits per heavy atom. The number of carbonyl (C=O) groups excluding carboxylic acids is 1. The molecule has 0 aromatic heterocycles. The Labute approximate surface area is 90.2 Å². The highest BCUT2D eigenvalue weighted by Crippen LogP contribution is 2.07. The first kappa shape index (κ1) is 12.6. The summed E-state index contributed by atoms with van der Waals surface area (Å²) < 4.78 is 28.6. The number of hydrogen-bond donors (Lipinski definition) is 2. The molecule has 0 aromatic carbocycles. The zero-order valence-corrected chi connectivity index (χ0v) is 8.36. The number of nitrogens with zero attached hydrogens (tertiary/aromatic N) is 1. The first-order valence-electron chi connectivity index (χ1n) is 4.65. The summed E-state index contributed by atoms with van der Waals surface area (Å²) in [5.41, 5.74) is 0. The lowest BCUT2D eigenvalue weighted by Crippen LogP contribution is -2.56. The van der Waals surface area contributed by atoms with Crippen molar-refractivity contribution in [3.63, 3.8) is 0 Å². The molecule has 1 aliphatic rings. The second-order valence-corrected chi connectivity index (χ2v) is 3.20.